The van der Waals surface area contributed by atoms with Gasteiger partial charge in [0.2, 0.25) is 0 Å². The van der Waals surface area contributed by atoms with Gasteiger partial charge in [-0.25, -0.2) is 4.98 Å². The van der Waals surface area contributed by atoms with Crippen LogP contribution in [0.3, 0.4) is 0 Å². The van der Waals surface area contributed by atoms with Crippen LogP contribution < -0.4 is 0 Å². The Morgan fingerprint density at radius 2 is 1.72 bits per heavy atom. The summed E-state index contributed by atoms with van der Waals surface area (Å²) in [7, 11) is 0. The summed E-state index contributed by atoms with van der Waals surface area (Å²) < 4.78 is 2.22. The molecule has 1 aromatic heterocycles. The number of benzene rings is 2. The van der Waals surface area contributed by atoms with Crippen LogP contribution in [0, 0.1) is 0 Å². The van der Waals surface area contributed by atoms with Gasteiger partial charge in [0.25, 0.3) is 0 Å². The van der Waals surface area contributed by atoms with Gasteiger partial charge in [-0.15, -0.1) is 0 Å². The van der Waals surface area contributed by atoms with Crippen molar-refractivity contribution in [2.45, 2.75) is 36.1 Å². The lowest BCUT2D eigenvalue weighted by Gasteiger charge is -2.14. The standard InChI is InChI=1S/C20H18Cl2N2S/c21-17-11-10-14(12-18(17)22)19-13-23-20(25-16-8-4-5-9-16)24(19)15-6-2-1-3-7-15/h1-3,6-7,10-13,16H,4-5,8-9H2. The summed E-state index contributed by atoms with van der Waals surface area (Å²) in [5.74, 6) is 0. The molecule has 0 radical (unpaired) electrons. The molecule has 5 heteroatoms. The molecule has 1 aliphatic carbocycles. The van der Waals surface area contributed by atoms with E-state index in [4.69, 9.17) is 28.2 Å². The number of hydrogen-bond acceptors (Lipinski definition) is 2. The second-order valence-electron chi connectivity index (χ2n) is 6.25. The van der Waals surface area contributed by atoms with Gasteiger partial charge in [-0.1, -0.05) is 72.1 Å². The van der Waals surface area contributed by atoms with E-state index < -0.39 is 0 Å². The lowest BCUT2D eigenvalue weighted by atomic mass is 10.1. The fraction of sp³-hybridized carbons (Fsp3) is 0.250. The van der Waals surface area contributed by atoms with Gasteiger partial charge in [0.15, 0.2) is 5.16 Å². The molecule has 0 aliphatic heterocycles. The summed E-state index contributed by atoms with van der Waals surface area (Å²) in [5.41, 5.74) is 3.16. The molecule has 0 unspecified atom stereocenters. The van der Waals surface area contributed by atoms with Crippen molar-refractivity contribution in [3.63, 3.8) is 0 Å². The summed E-state index contributed by atoms with van der Waals surface area (Å²) in [5, 5.41) is 2.83. The average Bonchev–Trinajstić information content (AvgIpc) is 3.28. The van der Waals surface area contributed by atoms with Crippen molar-refractivity contribution in [1.82, 2.24) is 9.55 Å². The highest BCUT2D eigenvalue weighted by Crippen LogP contribution is 2.38. The number of thioether (sulfide) groups is 1. The maximum absolute atomic E-state index is 6.24. The Hall–Kier alpha value is -1.42. The molecule has 0 saturated heterocycles. The van der Waals surface area contributed by atoms with Gasteiger partial charge in [-0.3, -0.25) is 4.57 Å². The first-order valence-corrected chi connectivity index (χ1v) is 10.1. The van der Waals surface area contributed by atoms with Crippen molar-refractivity contribution in [2.24, 2.45) is 0 Å². The van der Waals surface area contributed by atoms with E-state index in [-0.39, 0.29) is 0 Å². The van der Waals surface area contributed by atoms with Gasteiger partial charge in [-0.05, 0) is 37.1 Å². The van der Waals surface area contributed by atoms with Crippen molar-refractivity contribution in [1.29, 1.82) is 0 Å². The van der Waals surface area contributed by atoms with Crippen LogP contribution in [0.2, 0.25) is 10.0 Å². The second-order valence-corrected chi connectivity index (χ2v) is 8.33. The minimum absolute atomic E-state index is 0.560. The molecular weight excluding hydrogens is 371 g/mol. The van der Waals surface area contributed by atoms with Crippen molar-refractivity contribution in [3.05, 3.63) is 64.8 Å². The molecule has 2 nitrogen and oxygen atoms in total. The highest BCUT2D eigenvalue weighted by Gasteiger charge is 2.21. The van der Waals surface area contributed by atoms with Crippen LogP contribution in [-0.2, 0) is 0 Å². The van der Waals surface area contributed by atoms with Crippen LogP contribution in [0.25, 0.3) is 16.9 Å². The monoisotopic (exact) mass is 388 g/mol. The molecule has 0 N–H and O–H groups in total. The maximum atomic E-state index is 6.24. The highest BCUT2D eigenvalue weighted by atomic mass is 35.5. The van der Waals surface area contributed by atoms with E-state index >= 15 is 0 Å². The Morgan fingerprint density at radius 1 is 0.960 bits per heavy atom. The molecule has 3 aromatic rings. The van der Waals surface area contributed by atoms with Gasteiger partial charge in [-0.2, -0.15) is 0 Å². The van der Waals surface area contributed by atoms with E-state index in [0.29, 0.717) is 15.3 Å². The first-order valence-electron chi connectivity index (χ1n) is 8.47. The number of rotatable bonds is 4. The van der Waals surface area contributed by atoms with Crippen molar-refractivity contribution in [3.8, 4) is 16.9 Å². The van der Waals surface area contributed by atoms with Gasteiger partial charge >= 0.3 is 0 Å². The lowest BCUT2D eigenvalue weighted by Crippen LogP contribution is -2.02. The predicted molar refractivity (Wildman–Crippen MR) is 107 cm³/mol. The molecule has 1 heterocycles. The molecule has 4 rings (SSSR count). The number of nitrogens with zero attached hydrogens (tertiary/aromatic N) is 2. The molecule has 128 valence electrons. The van der Waals surface area contributed by atoms with Crippen LogP contribution in [0.1, 0.15) is 25.7 Å². The summed E-state index contributed by atoms with van der Waals surface area (Å²) in [6, 6.07) is 16.1. The fourth-order valence-corrected chi connectivity index (χ4v) is 4.85. The van der Waals surface area contributed by atoms with E-state index in [2.05, 4.69) is 28.8 Å². The number of para-hydroxylation sites is 1. The molecule has 0 spiro atoms. The van der Waals surface area contributed by atoms with E-state index in [1.165, 1.54) is 25.7 Å². The molecular formula is C20H18Cl2N2S. The molecule has 25 heavy (non-hydrogen) atoms. The molecule has 1 aliphatic rings. The van der Waals surface area contributed by atoms with Gasteiger partial charge in [0.05, 0.1) is 21.9 Å². The number of aromatic nitrogens is 2. The van der Waals surface area contributed by atoms with Crippen LogP contribution in [-0.4, -0.2) is 14.8 Å². The van der Waals surface area contributed by atoms with Gasteiger partial charge in [0, 0.05) is 16.5 Å². The molecule has 1 fully saturated rings. The third-order valence-electron chi connectivity index (χ3n) is 4.53. The third-order valence-corrected chi connectivity index (χ3v) is 6.58. The molecule has 2 aromatic carbocycles. The van der Waals surface area contributed by atoms with Crippen molar-refractivity contribution < 1.29 is 0 Å². The summed E-state index contributed by atoms with van der Waals surface area (Å²) >= 11 is 14.2. The Labute approximate surface area is 162 Å². The smallest absolute Gasteiger partial charge is 0.173 e. The normalized spacial score (nSPS) is 15.0. The number of imidazole rings is 1. The Bertz CT molecular complexity index is 871. The fourth-order valence-electron chi connectivity index (χ4n) is 3.26. The quantitative estimate of drug-likeness (QED) is 0.484. The van der Waals surface area contributed by atoms with Crippen molar-refractivity contribution >= 4 is 35.0 Å². The summed E-state index contributed by atoms with van der Waals surface area (Å²) in [4.78, 5) is 4.73. The minimum atomic E-state index is 0.560. The van der Waals surface area contributed by atoms with Crippen LogP contribution in [0.5, 0.6) is 0 Å². The second kappa shape index (κ2) is 7.45. The Kier molecular flexibility index (Phi) is 5.07. The Balaban J connectivity index is 1.80. The number of halogens is 2. The van der Waals surface area contributed by atoms with Crippen LogP contribution in [0.15, 0.2) is 59.9 Å². The minimum Gasteiger partial charge on any atom is -0.287 e. The molecule has 0 bridgehead atoms. The molecule has 0 amide bonds. The zero-order chi connectivity index (χ0) is 17.2. The zero-order valence-corrected chi connectivity index (χ0v) is 16.0. The Morgan fingerprint density at radius 3 is 2.44 bits per heavy atom. The highest BCUT2D eigenvalue weighted by molar-refractivity contribution is 7.99. The van der Waals surface area contributed by atoms with E-state index in [9.17, 15) is 0 Å². The summed E-state index contributed by atoms with van der Waals surface area (Å²) in [6.07, 6.45) is 7.12. The average molecular weight is 389 g/mol. The maximum Gasteiger partial charge on any atom is 0.173 e. The molecule has 1 saturated carbocycles. The topological polar surface area (TPSA) is 17.8 Å². The third kappa shape index (κ3) is 3.59. The first-order chi connectivity index (χ1) is 12.2. The van der Waals surface area contributed by atoms with Crippen LogP contribution in [0.4, 0.5) is 0 Å². The first kappa shape index (κ1) is 17.0. The number of hydrogen-bond donors (Lipinski definition) is 0. The van der Waals surface area contributed by atoms with Gasteiger partial charge in [0.1, 0.15) is 0 Å². The lowest BCUT2D eigenvalue weighted by molar-refractivity contribution is 0.861. The van der Waals surface area contributed by atoms with E-state index in [1.807, 2.05) is 42.2 Å². The predicted octanol–water partition coefficient (Wildman–Crippen LogP) is 6.88. The zero-order valence-electron chi connectivity index (χ0n) is 13.7. The van der Waals surface area contributed by atoms with Crippen LogP contribution >= 0.6 is 35.0 Å². The largest absolute Gasteiger partial charge is 0.287 e. The van der Waals surface area contributed by atoms with Gasteiger partial charge < -0.3 is 0 Å². The summed E-state index contributed by atoms with van der Waals surface area (Å²) in [6.45, 7) is 0. The van der Waals surface area contributed by atoms with E-state index in [1.54, 1.807) is 0 Å². The molecule has 0 atom stereocenters. The SMILES string of the molecule is Clc1ccc(-c2cnc(SC3CCCC3)n2-c2ccccc2)cc1Cl. The van der Waals surface area contributed by atoms with Crippen molar-refractivity contribution in [2.75, 3.05) is 0 Å². The van der Waals surface area contributed by atoms with E-state index in [0.717, 1.165) is 22.1 Å².